The third kappa shape index (κ3) is 5.68. The quantitative estimate of drug-likeness (QED) is 0.192. The molecule has 5 aromatic carbocycles. The molecule has 0 fully saturated rings. The van der Waals surface area contributed by atoms with Crippen molar-refractivity contribution in [3.05, 3.63) is 133 Å². The van der Waals surface area contributed by atoms with E-state index >= 15 is 0 Å². The molecule has 6 aromatic rings. The Morgan fingerprint density at radius 1 is 0.625 bits per heavy atom. The van der Waals surface area contributed by atoms with Crippen molar-refractivity contribution in [2.24, 2.45) is 0 Å². The van der Waals surface area contributed by atoms with Gasteiger partial charge in [-0.2, -0.15) is 0 Å². The lowest BCUT2D eigenvalue weighted by Gasteiger charge is -2.14. The van der Waals surface area contributed by atoms with E-state index in [1.54, 1.807) is 0 Å². The molecule has 0 amide bonds. The number of fused-ring (bicyclic) bond motifs is 1. The van der Waals surface area contributed by atoms with Gasteiger partial charge in [-0.05, 0) is 72.2 Å². The summed E-state index contributed by atoms with van der Waals surface area (Å²) >= 11 is 0. The lowest BCUT2D eigenvalue weighted by molar-refractivity contribution is 0.261. The summed E-state index contributed by atoms with van der Waals surface area (Å²) in [6.45, 7) is 2.21. The van der Waals surface area contributed by atoms with Crippen LogP contribution in [0.4, 0.5) is 0 Å². The number of rotatable bonds is 9. The van der Waals surface area contributed by atoms with Gasteiger partial charge >= 0.3 is 0 Å². The number of imidazole rings is 1. The van der Waals surface area contributed by atoms with Crippen LogP contribution in [-0.4, -0.2) is 41.7 Å². The van der Waals surface area contributed by atoms with E-state index in [-0.39, 0.29) is 0 Å². The summed E-state index contributed by atoms with van der Waals surface area (Å²) in [7, 11) is 4.11. The van der Waals surface area contributed by atoms with Gasteiger partial charge in [-0.1, -0.05) is 91.0 Å². The average molecular weight is 524 g/mol. The Morgan fingerprint density at radius 3 is 1.80 bits per heavy atom. The van der Waals surface area contributed by atoms with Crippen LogP contribution in [0.2, 0.25) is 0 Å². The maximum Gasteiger partial charge on any atom is 0.141 e. The van der Waals surface area contributed by atoms with Crippen LogP contribution in [0.25, 0.3) is 44.7 Å². The van der Waals surface area contributed by atoms with Crippen molar-refractivity contribution < 1.29 is 4.74 Å². The Morgan fingerprint density at radius 2 is 1.20 bits per heavy atom. The first-order chi connectivity index (χ1) is 19.6. The third-order valence-electron chi connectivity index (χ3n) is 7.12. The Kier molecular flexibility index (Phi) is 7.43. The highest BCUT2D eigenvalue weighted by Gasteiger charge is 2.17. The van der Waals surface area contributed by atoms with E-state index in [4.69, 9.17) is 9.72 Å². The molecule has 0 radical (unpaired) electrons. The van der Waals surface area contributed by atoms with Crippen LogP contribution in [-0.2, 0) is 6.54 Å². The third-order valence-corrected chi connectivity index (χ3v) is 7.12. The van der Waals surface area contributed by atoms with Crippen LogP contribution in [0, 0.1) is 0 Å². The number of nitrogens with zero attached hydrogens (tertiary/aromatic N) is 3. The molecule has 0 spiro atoms. The molecule has 0 unspecified atom stereocenters. The van der Waals surface area contributed by atoms with Crippen molar-refractivity contribution >= 4 is 11.0 Å². The summed E-state index contributed by atoms with van der Waals surface area (Å²) in [5.41, 5.74) is 9.04. The van der Waals surface area contributed by atoms with Gasteiger partial charge < -0.3 is 14.2 Å². The van der Waals surface area contributed by atoms with E-state index in [1.807, 2.05) is 6.07 Å². The van der Waals surface area contributed by atoms with E-state index in [9.17, 15) is 0 Å². The summed E-state index contributed by atoms with van der Waals surface area (Å²) in [5, 5.41) is 0. The van der Waals surface area contributed by atoms with Crippen molar-refractivity contribution in [2.45, 2.75) is 6.54 Å². The summed E-state index contributed by atoms with van der Waals surface area (Å²) in [6.07, 6.45) is 0. The van der Waals surface area contributed by atoms with E-state index in [2.05, 4.69) is 145 Å². The number of hydrogen-bond donors (Lipinski definition) is 0. The van der Waals surface area contributed by atoms with Gasteiger partial charge in [0.2, 0.25) is 0 Å². The Balaban J connectivity index is 1.52. The molecule has 198 valence electrons. The average Bonchev–Trinajstić information content (AvgIpc) is 3.35. The smallest absolute Gasteiger partial charge is 0.141 e. The van der Waals surface area contributed by atoms with E-state index < -0.39 is 0 Å². The molecular formula is C36H33N3O. The zero-order chi connectivity index (χ0) is 27.3. The second-order valence-electron chi connectivity index (χ2n) is 10.3. The first-order valence-corrected chi connectivity index (χ1v) is 13.7. The van der Waals surface area contributed by atoms with Crippen LogP contribution in [0.15, 0.2) is 127 Å². The van der Waals surface area contributed by atoms with E-state index in [0.717, 1.165) is 34.7 Å². The molecule has 1 heterocycles. The largest absolute Gasteiger partial charge is 0.492 e. The minimum atomic E-state index is 0.637. The molecule has 40 heavy (non-hydrogen) atoms. The monoisotopic (exact) mass is 523 g/mol. The highest BCUT2D eigenvalue weighted by molar-refractivity contribution is 5.85. The molecule has 4 nitrogen and oxygen atoms in total. The molecule has 0 aliphatic heterocycles. The predicted octanol–water partition coefficient (Wildman–Crippen LogP) is 8.03. The van der Waals surface area contributed by atoms with Gasteiger partial charge in [-0.3, -0.25) is 0 Å². The standard InChI is InChI=1S/C36H33N3O/c1-38(2)20-21-40-33-18-19-34-35(25-33)39(26-27-12-6-3-7-13-27)36(37-34)32-23-30(28-14-8-4-9-15-28)22-31(24-32)29-16-10-5-11-17-29/h3-19,22-25H,20-21,26H2,1-2H3. The molecule has 0 saturated carbocycles. The number of aromatic nitrogens is 2. The van der Waals surface area contributed by atoms with E-state index in [1.165, 1.54) is 27.8 Å². The summed E-state index contributed by atoms with van der Waals surface area (Å²) in [5.74, 6) is 1.80. The van der Waals surface area contributed by atoms with Crippen LogP contribution >= 0.6 is 0 Å². The zero-order valence-corrected chi connectivity index (χ0v) is 23.0. The van der Waals surface area contributed by atoms with Gasteiger partial charge in [0.05, 0.1) is 11.0 Å². The normalized spacial score (nSPS) is 11.3. The lowest BCUT2D eigenvalue weighted by Crippen LogP contribution is -2.19. The van der Waals surface area contributed by atoms with Crippen molar-refractivity contribution in [3.8, 4) is 39.4 Å². The Hall–Kier alpha value is -4.67. The molecule has 0 aliphatic carbocycles. The van der Waals surface area contributed by atoms with Crippen LogP contribution in [0.3, 0.4) is 0 Å². The van der Waals surface area contributed by atoms with Gasteiger partial charge in [-0.15, -0.1) is 0 Å². The molecule has 4 heteroatoms. The molecule has 0 N–H and O–H groups in total. The van der Waals surface area contributed by atoms with Gasteiger partial charge in [0.15, 0.2) is 0 Å². The Bertz CT molecular complexity index is 1650. The maximum atomic E-state index is 6.12. The highest BCUT2D eigenvalue weighted by atomic mass is 16.5. The topological polar surface area (TPSA) is 30.3 Å². The van der Waals surface area contributed by atoms with Gasteiger partial charge in [0.25, 0.3) is 0 Å². The molecule has 0 saturated heterocycles. The fraction of sp³-hybridized carbons (Fsp3) is 0.139. The molecule has 0 atom stereocenters. The molecular weight excluding hydrogens is 490 g/mol. The van der Waals surface area contributed by atoms with Crippen molar-refractivity contribution in [3.63, 3.8) is 0 Å². The number of benzene rings is 5. The fourth-order valence-electron chi connectivity index (χ4n) is 5.04. The highest BCUT2D eigenvalue weighted by Crippen LogP contribution is 2.35. The fourth-order valence-corrected chi connectivity index (χ4v) is 5.04. The van der Waals surface area contributed by atoms with Gasteiger partial charge in [0, 0.05) is 24.7 Å². The SMILES string of the molecule is CN(C)CCOc1ccc2nc(-c3cc(-c4ccccc4)cc(-c4ccccc4)c3)n(Cc3ccccc3)c2c1. The first kappa shape index (κ1) is 25.6. The van der Waals surface area contributed by atoms with Crippen LogP contribution in [0.5, 0.6) is 5.75 Å². The van der Waals surface area contributed by atoms with Crippen molar-refractivity contribution in [1.29, 1.82) is 0 Å². The summed E-state index contributed by atoms with van der Waals surface area (Å²) in [4.78, 5) is 7.32. The van der Waals surface area contributed by atoms with Crippen molar-refractivity contribution in [1.82, 2.24) is 14.5 Å². The molecule has 0 aliphatic rings. The number of hydrogen-bond acceptors (Lipinski definition) is 3. The minimum absolute atomic E-state index is 0.637. The molecule has 1 aromatic heterocycles. The second kappa shape index (κ2) is 11.6. The van der Waals surface area contributed by atoms with Crippen molar-refractivity contribution in [2.75, 3.05) is 27.2 Å². The second-order valence-corrected chi connectivity index (χ2v) is 10.3. The number of ether oxygens (including phenoxy) is 1. The minimum Gasteiger partial charge on any atom is -0.492 e. The summed E-state index contributed by atoms with van der Waals surface area (Å²) in [6, 6.07) is 44.7. The lowest BCUT2D eigenvalue weighted by atomic mass is 9.96. The predicted molar refractivity (Wildman–Crippen MR) is 166 cm³/mol. The number of likely N-dealkylation sites (N-methyl/N-ethyl adjacent to an activating group) is 1. The zero-order valence-electron chi connectivity index (χ0n) is 23.0. The van der Waals surface area contributed by atoms with Gasteiger partial charge in [-0.25, -0.2) is 4.98 Å². The summed E-state index contributed by atoms with van der Waals surface area (Å²) < 4.78 is 8.44. The van der Waals surface area contributed by atoms with Crippen LogP contribution < -0.4 is 4.74 Å². The van der Waals surface area contributed by atoms with Crippen LogP contribution in [0.1, 0.15) is 5.56 Å². The van der Waals surface area contributed by atoms with Gasteiger partial charge in [0.1, 0.15) is 18.2 Å². The molecule has 0 bridgehead atoms. The Labute approximate surface area is 236 Å². The first-order valence-electron chi connectivity index (χ1n) is 13.7. The maximum absolute atomic E-state index is 6.12. The molecule has 6 rings (SSSR count). The van der Waals surface area contributed by atoms with E-state index in [0.29, 0.717) is 13.2 Å².